The highest BCUT2D eigenvalue weighted by Crippen LogP contribution is 2.52. The Balaban J connectivity index is 1.40. The molecule has 2 atom stereocenters. The van der Waals surface area contributed by atoms with Crippen molar-refractivity contribution in [1.29, 1.82) is 5.26 Å². The molecular weight excluding hydrogens is 356 g/mol. The molecule has 7 nitrogen and oxygen atoms in total. The smallest absolute Gasteiger partial charge is 0.308 e. The minimum atomic E-state index is -0.872. The van der Waals surface area contributed by atoms with Gasteiger partial charge in [-0.25, -0.2) is 0 Å². The number of hydrogen-bond donors (Lipinski definition) is 2. The van der Waals surface area contributed by atoms with Gasteiger partial charge in [-0.2, -0.15) is 5.26 Å². The third-order valence-corrected chi connectivity index (χ3v) is 6.55. The molecule has 28 heavy (non-hydrogen) atoms. The van der Waals surface area contributed by atoms with Crippen molar-refractivity contribution in [1.82, 2.24) is 10.2 Å². The van der Waals surface area contributed by atoms with E-state index in [9.17, 15) is 14.7 Å². The molecule has 1 saturated carbocycles. The zero-order valence-electron chi connectivity index (χ0n) is 16.1. The monoisotopic (exact) mass is 382 g/mol. The second kappa shape index (κ2) is 7.10. The third-order valence-electron chi connectivity index (χ3n) is 6.55. The highest BCUT2D eigenvalue weighted by molar-refractivity contribution is 5.88. The second-order valence-corrected chi connectivity index (χ2v) is 8.43. The fourth-order valence-electron chi connectivity index (χ4n) is 4.62. The lowest BCUT2D eigenvalue weighted by Crippen LogP contribution is -2.60. The lowest BCUT2D eigenvalue weighted by atomic mass is 9.82. The van der Waals surface area contributed by atoms with Crippen molar-refractivity contribution in [2.24, 2.45) is 11.3 Å². The van der Waals surface area contributed by atoms with Crippen LogP contribution in [0.5, 0.6) is 0 Å². The molecule has 4 rings (SSSR count). The van der Waals surface area contributed by atoms with E-state index in [2.05, 4.69) is 16.3 Å². The van der Waals surface area contributed by atoms with Crippen molar-refractivity contribution in [2.45, 2.75) is 32.2 Å². The number of amides is 1. The average molecular weight is 382 g/mol. The number of carboxylic acids is 1. The van der Waals surface area contributed by atoms with E-state index in [1.807, 2.05) is 25.1 Å². The number of nitrogens with one attached hydrogen (secondary N) is 1. The van der Waals surface area contributed by atoms with Gasteiger partial charge in [-0.1, -0.05) is 0 Å². The van der Waals surface area contributed by atoms with Crippen molar-refractivity contribution in [2.75, 3.05) is 37.6 Å². The van der Waals surface area contributed by atoms with Crippen LogP contribution in [0.15, 0.2) is 18.2 Å². The fourth-order valence-corrected chi connectivity index (χ4v) is 4.62. The molecule has 3 aliphatic rings. The van der Waals surface area contributed by atoms with Crippen LogP contribution in [0.2, 0.25) is 0 Å². The Morgan fingerprint density at radius 1 is 1.25 bits per heavy atom. The number of piperidine rings is 1. The van der Waals surface area contributed by atoms with Crippen molar-refractivity contribution in [3.05, 3.63) is 29.3 Å². The van der Waals surface area contributed by atoms with Gasteiger partial charge < -0.3 is 20.2 Å². The molecule has 2 saturated heterocycles. The molecule has 1 aromatic rings. The predicted molar refractivity (Wildman–Crippen MR) is 104 cm³/mol. The number of hydrogen-bond acceptors (Lipinski definition) is 5. The number of aliphatic carboxylic acids is 1. The SMILES string of the molecule is Cc1cc(C#N)ccc1N1CCN(C(=O)C2NCC3(CC3)CC2C(=O)O)CC1. The van der Waals surface area contributed by atoms with E-state index < -0.39 is 17.9 Å². The largest absolute Gasteiger partial charge is 0.481 e. The van der Waals surface area contributed by atoms with E-state index in [0.717, 1.165) is 30.6 Å². The molecule has 148 valence electrons. The molecule has 2 unspecified atom stereocenters. The maximum atomic E-state index is 13.0. The van der Waals surface area contributed by atoms with Crippen LogP contribution in [0.1, 0.15) is 30.4 Å². The summed E-state index contributed by atoms with van der Waals surface area (Å²) < 4.78 is 0. The molecule has 0 aromatic heterocycles. The normalized spacial score (nSPS) is 26.0. The molecule has 1 aromatic carbocycles. The van der Waals surface area contributed by atoms with Gasteiger partial charge in [-0.3, -0.25) is 9.59 Å². The molecule has 7 heteroatoms. The fraction of sp³-hybridized carbons (Fsp3) is 0.571. The lowest BCUT2D eigenvalue weighted by Gasteiger charge is -2.41. The molecule has 2 aliphatic heterocycles. The topological polar surface area (TPSA) is 96.7 Å². The first kappa shape index (κ1) is 18.8. The Labute approximate surface area is 164 Å². The van der Waals surface area contributed by atoms with Crippen LogP contribution in [-0.4, -0.2) is 60.6 Å². The van der Waals surface area contributed by atoms with Crippen molar-refractivity contribution >= 4 is 17.6 Å². The first-order valence-corrected chi connectivity index (χ1v) is 9.93. The molecular formula is C21H26N4O3. The summed E-state index contributed by atoms with van der Waals surface area (Å²) in [4.78, 5) is 28.8. The van der Waals surface area contributed by atoms with Gasteiger partial charge in [0, 0.05) is 38.4 Å². The van der Waals surface area contributed by atoms with Crippen LogP contribution in [0, 0.1) is 29.6 Å². The van der Waals surface area contributed by atoms with E-state index in [1.165, 1.54) is 0 Å². The average Bonchev–Trinajstić information content (AvgIpc) is 3.46. The minimum Gasteiger partial charge on any atom is -0.481 e. The van der Waals surface area contributed by atoms with E-state index in [-0.39, 0.29) is 11.3 Å². The Bertz CT molecular complexity index is 835. The quantitative estimate of drug-likeness (QED) is 0.819. The van der Waals surface area contributed by atoms with E-state index in [0.29, 0.717) is 38.2 Å². The van der Waals surface area contributed by atoms with Crippen LogP contribution in [0.3, 0.4) is 0 Å². The van der Waals surface area contributed by atoms with E-state index in [4.69, 9.17) is 5.26 Å². The van der Waals surface area contributed by atoms with Gasteiger partial charge in [-0.15, -0.1) is 0 Å². The number of aryl methyl sites for hydroxylation is 1. The van der Waals surface area contributed by atoms with Gasteiger partial charge >= 0.3 is 5.97 Å². The van der Waals surface area contributed by atoms with E-state index >= 15 is 0 Å². The molecule has 0 radical (unpaired) electrons. The van der Waals surface area contributed by atoms with Crippen LogP contribution in [0.4, 0.5) is 5.69 Å². The maximum absolute atomic E-state index is 13.0. The summed E-state index contributed by atoms with van der Waals surface area (Å²) in [5.74, 6) is -1.59. The first-order chi connectivity index (χ1) is 13.4. The molecule has 2 N–H and O–H groups in total. The summed E-state index contributed by atoms with van der Waals surface area (Å²) in [6, 6.07) is 7.19. The number of rotatable bonds is 3. The number of nitrogens with zero attached hydrogens (tertiary/aromatic N) is 3. The predicted octanol–water partition coefficient (Wildman–Crippen LogP) is 1.36. The van der Waals surface area contributed by atoms with Crippen LogP contribution >= 0.6 is 0 Å². The Morgan fingerprint density at radius 2 is 1.96 bits per heavy atom. The van der Waals surface area contributed by atoms with Gasteiger partial charge in [-0.05, 0) is 55.4 Å². The molecule has 1 amide bonds. The molecule has 1 spiro atoms. The second-order valence-electron chi connectivity index (χ2n) is 8.43. The number of anilines is 1. The van der Waals surface area contributed by atoms with Crippen molar-refractivity contribution in [3.8, 4) is 6.07 Å². The first-order valence-electron chi connectivity index (χ1n) is 9.93. The van der Waals surface area contributed by atoms with Gasteiger partial charge in [0.2, 0.25) is 5.91 Å². The number of benzene rings is 1. The third kappa shape index (κ3) is 3.45. The summed E-state index contributed by atoms with van der Waals surface area (Å²) in [6.07, 6.45) is 2.73. The minimum absolute atomic E-state index is 0.0842. The molecule has 1 aliphatic carbocycles. The Morgan fingerprint density at radius 3 is 2.54 bits per heavy atom. The van der Waals surface area contributed by atoms with Gasteiger partial charge in [0.15, 0.2) is 0 Å². The van der Waals surface area contributed by atoms with Crippen LogP contribution in [0.25, 0.3) is 0 Å². The number of nitriles is 1. The Hall–Kier alpha value is -2.59. The van der Waals surface area contributed by atoms with Gasteiger partial charge in [0.1, 0.15) is 6.04 Å². The standard InChI is InChI=1S/C21H26N4O3/c1-14-10-15(12-22)2-3-17(14)24-6-8-25(9-7-24)19(26)18-16(20(27)28)11-21(4-5-21)13-23-18/h2-3,10,16,18,23H,4-9,11,13H2,1H3,(H,27,28). The maximum Gasteiger partial charge on any atom is 0.308 e. The van der Waals surface area contributed by atoms with Gasteiger partial charge in [0.25, 0.3) is 0 Å². The van der Waals surface area contributed by atoms with Crippen LogP contribution in [-0.2, 0) is 9.59 Å². The summed E-state index contributed by atoms with van der Waals surface area (Å²) in [7, 11) is 0. The number of carboxylic acid groups (broad SMARTS) is 1. The summed E-state index contributed by atoms with van der Waals surface area (Å²) in [5.41, 5.74) is 2.90. The highest BCUT2D eigenvalue weighted by Gasteiger charge is 2.52. The summed E-state index contributed by atoms with van der Waals surface area (Å²) >= 11 is 0. The Kier molecular flexibility index (Phi) is 4.76. The lowest BCUT2D eigenvalue weighted by molar-refractivity contribution is -0.150. The highest BCUT2D eigenvalue weighted by atomic mass is 16.4. The zero-order valence-corrected chi connectivity index (χ0v) is 16.1. The van der Waals surface area contributed by atoms with Crippen LogP contribution < -0.4 is 10.2 Å². The number of carbonyl (C=O) groups is 2. The summed E-state index contributed by atoms with van der Waals surface area (Å²) in [5, 5.41) is 21.9. The van der Waals surface area contributed by atoms with Gasteiger partial charge in [0.05, 0.1) is 17.6 Å². The zero-order chi connectivity index (χ0) is 19.9. The summed E-state index contributed by atoms with van der Waals surface area (Å²) in [6.45, 7) is 5.30. The number of carbonyl (C=O) groups excluding carboxylic acids is 1. The van der Waals surface area contributed by atoms with Crippen molar-refractivity contribution < 1.29 is 14.7 Å². The molecule has 0 bridgehead atoms. The molecule has 3 fully saturated rings. The van der Waals surface area contributed by atoms with E-state index in [1.54, 1.807) is 4.90 Å². The number of piperazine rings is 1. The molecule has 2 heterocycles. The van der Waals surface area contributed by atoms with Crippen molar-refractivity contribution in [3.63, 3.8) is 0 Å².